The summed E-state index contributed by atoms with van der Waals surface area (Å²) in [5.74, 6) is -5.79. The van der Waals surface area contributed by atoms with Gasteiger partial charge in [0.15, 0.2) is 17.5 Å². The van der Waals surface area contributed by atoms with Crippen molar-refractivity contribution in [2.75, 3.05) is 0 Å². The third-order valence-electron chi connectivity index (χ3n) is 4.62. The van der Waals surface area contributed by atoms with Crippen LogP contribution in [0.4, 0.5) is 13.2 Å². The van der Waals surface area contributed by atoms with Gasteiger partial charge in [-0.05, 0) is 42.7 Å². The van der Waals surface area contributed by atoms with Gasteiger partial charge in [0.1, 0.15) is 0 Å². The van der Waals surface area contributed by atoms with Gasteiger partial charge in [0.25, 0.3) is 0 Å². The van der Waals surface area contributed by atoms with E-state index in [2.05, 4.69) is 0 Å². The van der Waals surface area contributed by atoms with Gasteiger partial charge in [0.2, 0.25) is 0 Å². The molecule has 1 fully saturated rings. The van der Waals surface area contributed by atoms with Crippen molar-refractivity contribution in [3.63, 3.8) is 0 Å². The van der Waals surface area contributed by atoms with Gasteiger partial charge in [-0.3, -0.25) is 4.79 Å². The van der Waals surface area contributed by atoms with Crippen LogP contribution in [0.1, 0.15) is 44.6 Å². The Morgan fingerprint density at radius 1 is 1.19 bits per heavy atom. The molecule has 2 rings (SSSR count). The lowest BCUT2D eigenvalue weighted by Gasteiger charge is -2.36. The topological polar surface area (TPSA) is 37.3 Å². The van der Waals surface area contributed by atoms with Gasteiger partial charge >= 0.3 is 5.97 Å². The maximum absolute atomic E-state index is 14.0. The summed E-state index contributed by atoms with van der Waals surface area (Å²) in [5, 5.41) is 9.32. The Bertz CT molecular complexity index is 543. The monoisotopic (exact) mass is 300 g/mol. The lowest BCUT2D eigenvalue weighted by Crippen LogP contribution is -2.31. The molecule has 1 aliphatic carbocycles. The maximum atomic E-state index is 14.0. The third-order valence-corrected chi connectivity index (χ3v) is 4.62. The van der Waals surface area contributed by atoms with E-state index in [9.17, 15) is 23.1 Å². The summed E-state index contributed by atoms with van der Waals surface area (Å²) in [4.78, 5) is 11.4. The van der Waals surface area contributed by atoms with Crippen LogP contribution in [0.15, 0.2) is 12.1 Å². The molecular weight excluding hydrogens is 281 g/mol. The normalized spacial score (nSPS) is 26.1. The van der Waals surface area contributed by atoms with Crippen molar-refractivity contribution < 1.29 is 23.1 Å². The molecule has 0 saturated heterocycles. The summed E-state index contributed by atoms with van der Waals surface area (Å²) in [6.07, 6.45) is 1.67. The molecule has 0 bridgehead atoms. The minimum atomic E-state index is -1.52. The highest BCUT2D eigenvalue weighted by Crippen LogP contribution is 2.44. The average molecular weight is 300 g/mol. The summed E-state index contributed by atoms with van der Waals surface area (Å²) < 4.78 is 40.5. The fraction of sp³-hybridized carbons (Fsp3) is 0.562. The lowest BCUT2D eigenvalue weighted by atomic mass is 9.68. The second-order valence-corrected chi connectivity index (χ2v) is 6.13. The van der Waals surface area contributed by atoms with Crippen molar-refractivity contribution in [2.24, 2.45) is 17.8 Å². The minimum Gasteiger partial charge on any atom is -0.481 e. The Morgan fingerprint density at radius 3 is 2.43 bits per heavy atom. The highest BCUT2D eigenvalue weighted by atomic mass is 19.2. The lowest BCUT2D eigenvalue weighted by molar-refractivity contribution is -0.144. The predicted molar refractivity (Wildman–Crippen MR) is 72.4 cm³/mol. The Labute approximate surface area is 122 Å². The standard InChI is InChI=1S/C16H19F3O2/c1-8(2)9-3-4-11(16(20)21)12(7-9)10-5-6-13(17)15(19)14(10)18/h5-6,8-9,11-12H,3-4,7H2,1-2H3,(H,20,21). The van der Waals surface area contributed by atoms with Crippen LogP contribution in [-0.4, -0.2) is 11.1 Å². The van der Waals surface area contributed by atoms with Gasteiger partial charge in [0, 0.05) is 5.92 Å². The molecule has 1 aliphatic rings. The zero-order valence-corrected chi connectivity index (χ0v) is 12.1. The Balaban J connectivity index is 2.40. The summed E-state index contributed by atoms with van der Waals surface area (Å²) in [6.45, 7) is 4.06. The van der Waals surface area contributed by atoms with E-state index in [0.29, 0.717) is 18.8 Å². The Hall–Kier alpha value is -1.52. The second-order valence-electron chi connectivity index (χ2n) is 6.13. The number of halogens is 3. The van der Waals surface area contributed by atoms with Crippen LogP contribution in [0.2, 0.25) is 0 Å². The van der Waals surface area contributed by atoms with E-state index in [4.69, 9.17) is 0 Å². The highest BCUT2D eigenvalue weighted by Gasteiger charge is 2.38. The third kappa shape index (κ3) is 3.06. The minimum absolute atomic E-state index is 0.0216. The van der Waals surface area contributed by atoms with Crippen molar-refractivity contribution >= 4 is 5.97 Å². The van der Waals surface area contributed by atoms with E-state index in [0.717, 1.165) is 12.5 Å². The van der Waals surface area contributed by atoms with Crippen molar-refractivity contribution in [2.45, 2.75) is 39.0 Å². The van der Waals surface area contributed by atoms with Gasteiger partial charge in [-0.15, -0.1) is 0 Å². The van der Waals surface area contributed by atoms with E-state index >= 15 is 0 Å². The second kappa shape index (κ2) is 6.08. The Kier molecular flexibility index (Phi) is 4.59. The van der Waals surface area contributed by atoms with Crippen LogP contribution in [-0.2, 0) is 4.79 Å². The molecule has 21 heavy (non-hydrogen) atoms. The molecule has 5 heteroatoms. The highest BCUT2D eigenvalue weighted by molar-refractivity contribution is 5.71. The maximum Gasteiger partial charge on any atom is 0.307 e. The van der Waals surface area contributed by atoms with Gasteiger partial charge < -0.3 is 5.11 Å². The molecular formula is C16H19F3O2. The molecule has 0 heterocycles. The molecule has 116 valence electrons. The van der Waals surface area contributed by atoms with Crippen molar-refractivity contribution in [3.05, 3.63) is 35.1 Å². The molecule has 1 N–H and O–H groups in total. The zero-order chi connectivity index (χ0) is 15.7. The fourth-order valence-electron chi connectivity index (χ4n) is 3.28. The number of carboxylic acid groups (broad SMARTS) is 1. The molecule has 0 spiro atoms. The first-order valence-electron chi connectivity index (χ1n) is 7.19. The van der Waals surface area contributed by atoms with Crippen molar-refractivity contribution in [1.82, 2.24) is 0 Å². The van der Waals surface area contributed by atoms with E-state index in [1.807, 2.05) is 13.8 Å². The molecule has 2 nitrogen and oxygen atoms in total. The summed E-state index contributed by atoms with van der Waals surface area (Å²) in [5.41, 5.74) is -0.0216. The molecule has 1 aromatic rings. The first-order chi connectivity index (χ1) is 9.82. The SMILES string of the molecule is CC(C)C1CCC(C(=O)O)C(c2ccc(F)c(F)c2F)C1. The smallest absolute Gasteiger partial charge is 0.307 e. The van der Waals surface area contributed by atoms with Gasteiger partial charge in [-0.25, -0.2) is 13.2 Å². The quantitative estimate of drug-likeness (QED) is 0.843. The number of hydrogen-bond acceptors (Lipinski definition) is 1. The van der Waals surface area contributed by atoms with E-state index < -0.39 is 35.3 Å². The van der Waals surface area contributed by atoms with Crippen LogP contribution in [0.3, 0.4) is 0 Å². The van der Waals surface area contributed by atoms with E-state index in [-0.39, 0.29) is 11.5 Å². The largest absolute Gasteiger partial charge is 0.481 e. The molecule has 0 amide bonds. The first kappa shape index (κ1) is 15.9. The number of aliphatic carboxylic acids is 1. The van der Waals surface area contributed by atoms with Gasteiger partial charge in [-0.1, -0.05) is 19.9 Å². The van der Waals surface area contributed by atoms with Crippen molar-refractivity contribution in [1.29, 1.82) is 0 Å². The zero-order valence-electron chi connectivity index (χ0n) is 12.1. The van der Waals surface area contributed by atoms with Crippen LogP contribution >= 0.6 is 0 Å². The fourth-order valence-corrected chi connectivity index (χ4v) is 3.28. The van der Waals surface area contributed by atoms with E-state index in [1.54, 1.807) is 0 Å². The molecule has 1 saturated carbocycles. The average Bonchev–Trinajstić information content (AvgIpc) is 2.44. The van der Waals surface area contributed by atoms with E-state index in [1.165, 1.54) is 6.07 Å². The van der Waals surface area contributed by atoms with Crippen LogP contribution in [0.5, 0.6) is 0 Å². The number of rotatable bonds is 3. The number of carbonyl (C=O) groups is 1. The molecule has 3 unspecified atom stereocenters. The Morgan fingerprint density at radius 2 is 1.86 bits per heavy atom. The number of carboxylic acids is 1. The number of hydrogen-bond donors (Lipinski definition) is 1. The molecule has 0 radical (unpaired) electrons. The van der Waals surface area contributed by atoms with Crippen LogP contribution < -0.4 is 0 Å². The summed E-state index contributed by atoms with van der Waals surface area (Å²) in [7, 11) is 0. The van der Waals surface area contributed by atoms with Gasteiger partial charge in [0.05, 0.1) is 5.92 Å². The number of benzene rings is 1. The summed E-state index contributed by atoms with van der Waals surface area (Å²) >= 11 is 0. The molecule has 3 atom stereocenters. The predicted octanol–water partition coefficient (Wildman–Crippen LogP) is 4.34. The van der Waals surface area contributed by atoms with Crippen molar-refractivity contribution in [3.8, 4) is 0 Å². The first-order valence-corrected chi connectivity index (χ1v) is 7.19. The van der Waals surface area contributed by atoms with Crippen LogP contribution in [0.25, 0.3) is 0 Å². The molecule has 1 aromatic carbocycles. The molecule has 0 aliphatic heterocycles. The molecule has 0 aromatic heterocycles. The van der Waals surface area contributed by atoms with Gasteiger partial charge in [-0.2, -0.15) is 0 Å². The summed E-state index contributed by atoms with van der Waals surface area (Å²) in [6, 6.07) is 2.04. The van der Waals surface area contributed by atoms with Crippen LogP contribution in [0, 0.1) is 35.2 Å².